The summed E-state index contributed by atoms with van der Waals surface area (Å²) in [6, 6.07) is 0. The van der Waals surface area contributed by atoms with Crippen LogP contribution in [0.4, 0.5) is 0 Å². The molecule has 13 heavy (non-hydrogen) atoms. The standard InChI is InChI=1S/C6H15N.C5H13N/c1-3-5-6-7-4-2;1-3-5-6-4-2/h7H,3-6H2,1-2H3;6H,3-5H2,1-2H3. The molecule has 2 nitrogen and oxygen atoms in total. The minimum Gasteiger partial charge on any atom is -0.317 e. The summed E-state index contributed by atoms with van der Waals surface area (Å²) in [7, 11) is 0. The van der Waals surface area contributed by atoms with Crippen molar-refractivity contribution < 1.29 is 0 Å². The Balaban J connectivity index is 0. The Hall–Kier alpha value is -0.0800. The zero-order chi connectivity index (χ0) is 10.4. The summed E-state index contributed by atoms with van der Waals surface area (Å²) >= 11 is 0. The topological polar surface area (TPSA) is 24.1 Å². The van der Waals surface area contributed by atoms with Crippen molar-refractivity contribution in [3.8, 4) is 0 Å². The highest BCUT2D eigenvalue weighted by Gasteiger charge is 1.77. The van der Waals surface area contributed by atoms with Gasteiger partial charge in [0.05, 0.1) is 0 Å². The Bertz CT molecular complexity index is 57.1. The Morgan fingerprint density at radius 2 is 1.23 bits per heavy atom. The molecule has 0 heterocycles. The van der Waals surface area contributed by atoms with Crippen LogP contribution in [-0.2, 0) is 0 Å². The second kappa shape index (κ2) is 17.9. The van der Waals surface area contributed by atoms with E-state index in [2.05, 4.69) is 38.3 Å². The molecule has 0 rings (SSSR count). The molecule has 0 unspecified atom stereocenters. The first-order chi connectivity index (χ1) is 6.33. The Kier molecular flexibility index (Phi) is 21.2. The van der Waals surface area contributed by atoms with Gasteiger partial charge >= 0.3 is 0 Å². The van der Waals surface area contributed by atoms with E-state index in [0.717, 1.165) is 19.6 Å². The second-order valence-electron chi connectivity index (χ2n) is 3.06. The summed E-state index contributed by atoms with van der Waals surface area (Å²) in [4.78, 5) is 0. The molecule has 0 atom stereocenters. The fraction of sp³-hybridized carbons (Fsp3) is 1.00. The first-order valence-corrected chi connectivity index (χ1v) is 5.74. The van der Waals surface area contributed by atoms with Gasteiger partial charge in [0.15, 0.2) is 0 Å². The van der Waals surface area contributed by atoms with Crippen LogP contribution >= 0.6 is 0 Å². The quantitative estimate of drug-likeness (QED) is 0.600. The van der Waals surface area contributed by atoms with Crippen LogP contribution in [0.25, 0.3) is 0 Å². The van der Waals surface area contributed by atoms with E-state index in [1.54, 1.807) is 0 Å². The number of rotatable bonds is 7. The number of hydrogen-bond donors (Lipinski definition) is 2. The SMILES string of the molecule is CCCCNCC.CCCNCC. The molecule has 0 aromatic carbocycles. The number of hydrogen-bond acceptors (Lipinski definition) is 2. The molecule has 0 spiro atoms. The van der Waals surface area contributed by atoms with Crippen molar-refractivity contribution in [3.63, 3.8) is 0 Å². The second-order valence-corrected chi connectivity index (χ2v) is 3.06. The normalized spacial score (nSPS) is 9.23. The van der Waals surface area contributed by atoms with Crippen molar-refractivity contribution in [1.82, 2.24) is 10.6 Å². The maximum absolute atomic E-state index is 3.25. The Morgan fingerprint density at radius 1 is 0.692 bits per heavy atom. The van der Waals surface area contributed by atoms with Crippen LogP contribution in [0.15, 0.2) is 0 Å². The van der Waals surface area contributed by atoms with Crippen LogP contribution in [0.3, 0.4) is 0 Å². The van der Waals surface area contributed by atoms with Crippen LogP contribution in [-0.4, -0.2) is 26.2 Å². The molecule has 0 aromatic rings. The molecule has 2 N–H and O–H groups in total. The van der Waals surface area contributed by atoms with Crippen LogP contribution in [0.5, 0.6) is 0 Å². The molecule has 0 aliphatic heterocycles. The van der Waals surface area contributed by atoms with Gasteiger partial charge in [0, 0.05) is 0 Å². The van der Waals surface area contributed by atoms with Gasteiger partial charge in [-0.05, 0) is 39.0 Å². The van der Waals surface area contributed by atoms with E-state index >= 15 is 0 Å². The maximum Gasteiger partial charge on any atom is -0.00491 e. The lowest BCUT2D eigenvalue weighted by atomic mass is 10.3. The number of nitrogens with one attached hydrogen (secondary N) is 2. The summed E-state index contributed by atoms with van der Waals surface area (Å²) in [6.45, 7) is 13.2. The van der Waals surface area contributed by atoms with E-state index in [0.29, 0.717) is 0 Å². The predicted octanol–water partition coefficient (Wildman–Crippen LogP) is 2.40. The van der Waals surface area contributed by atoms with E-state index in [1.807, 2.05) is 0 Å². The first-order valence-electron chi connectivity index (χ1n) is 5.74. The molecular weight excluding hydrogens is 160 g/mol. The summed E-state index contributed by atoms with van der Waals surface area (Å²) in [6.07, 6.45) is 3.86. The predicted molar refractivity (Wildman–Crippen MR) is 62.3 cm³/mol. The largest absolute Gasteiger partial charge is 0.317 e. The van der Waals surface area contributed by atoms with E-state index < -0.39 is 0 Å². The van der Waals surface area contributed by atoms with Gasteiger partial charge in [-0.1, -0.05) is 34.1 Å². The van der Waals surface area contributed by atoms with Crippen molar-refractivity contribution in [2.75, 3.05) is 26.2 Å². The molecule has 2 heteroatoms. The average molecular weight is 188 g/mol. The van der Waals surface area contributed by atoms with Gasteiger partial charge in [0.25, 0.3) is 0 Å². The molecule has 0 aromatic heterocycles. The fourth-order valence-corrected chi connectivity index (χ4v) is 0.832. The van der Waals surface area contributed by atoms with Gasteiger partial charge in [-0.25, -0.2) is 0 Å². The number of unbranched alkanes of at least 4 members (excludes halogenated alkanes) is 1. The van der Waals surface area contributed by atoms with Gasteiger partial charge in [0.1, 0.15) is 0 Å². The zero-order valence-corrected chi connectivity index (χ0v) is 9.95. The molecule has 0 bridgehead atoms. The van der Waals surface area contributed by atoms with Crippen LogP contribution in [0.1, 0.15) is 47.0 Å². The Morgan fingerprint density at radius 3 is 1.54 bits per heavy atom. The molecule has 0 saturated heterocycles. The highest BCUT2D eigenvalue weighted by atomic mass is 14.8. The van der Waals surface area contributed by atoms with Crippen LogP contribution in [0, 0.1) is 0 Å². The lowest BCUT2D eigenvalue weighted by molar-refractivity contribution is 0.663. The third kappa shape index (κ3) is 24.5. The molecule has 0 radical (unpaired) electrons. The van der Waals surface area contributed by atoms with Gasteiger partial charge in [-0.2, -0.15) is 0 Å². The molecule has 0 amide bonds. The van der Waals surface area contributed by atoms with Gasteiger partial charge in [-0.15, -0.1) is 0 Å². The van der Waals surface area contributed by atoms with E-state index in [1.165, 1.54) is 25.8 Å². The Labute approximate surface area is 84.5 Å². The molecular formula is C11H28N2. The van der Waals surface area contributed by atoms with Crippen molar-refractivity contribution in [3.05, 3.63) is 0 Å². The fourth-order valence-electron chi connectivity index (χ4n) is 0.832. The molecule has 82 valence electrons. The summed E-state index contributed by atoms with van der Waals surface area (Å²) in [5.41, 5.74) is 0. The van der Waals surface area contributed by atoms with Gasteiger partial charge < -0.3 is 10.6 Å². The lowest BCUT2D eigenvalue weighted by Gasteiger charge is -1.95. The smallest absolute Gasteiger partial charge is 0.00491 e. The molecule has 0 aliphatic carbocycles. The third-order valence-electron chi connectivity index (χ3n) is 1.63. The lowest BCUT2D eigenvalue weighted by Crippen LogP contribution is -2.13. The van der Waals surface area contributed by atoms with Crippen molar-refractivity contribution in [2.24, 2.45) is 0 Å². The van der Waals surface area contributed by atoms with Crippen LogP contribution in [0.2, 0.25) is 0 Å². The van der Waals surface area contributed by atoms with Crippen molar-refractivity contribution in [1.29, 1.82) is 0 Å². The monoisotopic (exact) mass is 188 g/mol. The van der Waals surface area contributed by atoms with Gasteiger partial charge in [0.2, 0.25) is 0 Å². The van der Waals surface area contributed by atoms with E-state index in [4.69, 9.17) is 0 Å². The minimum atomic E-state index is 1.10. The highest BCUT2D eigenvalue weighted by molar-refractivity contribution is 4.39. The first kappa shape index (κ1) is 15.4. The average Bonchev–Trinajstić information content (AvgIpc) is 2.17. The van der Waals surface area contributed by atoms with Gasteiger partial charge in [-0.3, -0.25) is 0 Å². The minimum absolute atomic E-state index is 1.10. The highest BCUT2D eigenvalue weighted by Crippen LogP contribution is 1.80. The van der Waals surface area contributed by atoms with Crippen molar-refractivity contribution in [2.45, 2.75) is 47.0 Å². The zero-order valence-electron chi connectivity index (χ0n) is 9.95. The van der Waals surface area contributed by atoms with Crippen molar-refractivity contribution >= 4 is 0 Å². The summed E-state index contributed by atoms with van der Waals surface area (Å²) < 4.78 is 0. The van der Waals surface area contributed by atoms with E-state index in [9.17, 15) is 0 Å². The molecule has 0 saturated carbocycles. The van der Waals surface area contributed by atoms with Crippen LogP contribution < -0.4 is 10.6 Å². The summed E-state index contributed by atoms with van der Waals surface area (Å²) in [5.74, 6) is 0. The third-order valence-corrected chi connectivity index (χ3v) is 1.63. The van der Waals surface area contributed by atoms with E-state index in [-0.39, 0.29) is 0 Å². The summed E-state index contributed by atoms with van der Waals surface area (Å²) in [5, 5.41) is 6.45. The molecule has 0 aliphatic rings. The molecule has 0 fully saturated rings. The maximum atomic E-state index is 3.25.